The predicted octanol–water partition coefficient (Wildman–Crippen LogP) is 5.04. The lowest BCUT2D eigenvalue weighted by Gasteiger charge is -2.61. The first-order chi connectivity index (χ1) is 31.0. The van der Waals surface area contributed by atoms with E-state index in [0.717, 1.165) is 71.9 Å². The fraction of sp³-hybridized carbons (Fsp3) is 0.298. The first-order valence-corrected chi connectivity index (χ1v) is 21.5. The molecule has 3 amide bonds. The number of halogens is 1. The summed E-state index contributed by atoms with van der Waals surface area (Å²) in [7, 11) is 3.48. The van der Waals surface area contributed by atoms with Gasteiger partial charge in [-0.3, -0.25) is 38.7 Å². The van der Waals surface area contributed by atoms with Gasteiger partial charge in [-0.25, -0.2) is 18.7 Å². The van der Waals surface area contributed by atoms with Gasteiger partial charge in [0.25, 0.3) is 5.91 Å². The van der Waals surface area contributed by atoms with E-state index >= 15 is 0 Å². The van der Waals surface area contributed by atoms with E-state index in [-0.39, 0.29) is 23.7 Å². The number of pyridine rings is 1. The Labute approximate surface area is 366 Å². The van der Waals surface area contributed by atoms with Crippen LogP contribution in [0.4, 0.5) is 27.3 Å². The highest BCUT2D eigenvalue weighted by Gasteiger charge is 2.51. The number of nitrogens with zero attached hydrogens (tertiary/aromatic N) is 8. The minimum atomic E-state index is -1.01. The molecule has 3 aromatic carbocycles. The largest absolute Gasteiger partial charge is 0.385 e. The molecule has 7 heterocycles. The van der Waals surface area contributed by atoms with E-state index in [1.54, 1.807) is 18.7 Å². The van der Waals surface area contributed by atoms with Crippen molar-refractivity contribution >= 4 is 57.3 Å². The molecule has 3 aliphatic heterocycles. The summed E-state index contributed by atoms with van der Waals surface area (Å²) >= 11 is 0. The number of hydrogen-bond donors (Lipinski definition) is 4. The SMILES string of the molecule is CNc1cc(Nc2cccc(-c3ccc(CN4CC5(C4)CN(c4ccc(-c6ccc7c(c6)n(C)c(=O)n7C6CCC(=O)NC6=O)cc4)C5)cn3)c2)nn2c(C(=O)N[C@@H]3C[C@@H]3F)cnc12. The van der Waals surface area contributed by atoms with Crippen LogP contribution in [0.3, 0.4) is 0 Å². The van der Waals surface area contributed by atoms with Crippen LogP contribution in [0.2, 0.25) is 0 Å². The van der Waals surface area contributed by atoms with Gasteiger partial charge in [0.2, 0.25) is 11.8 Å². The Morgan fingerprint density at radius 2 is 1.69 bits per heavy atom. The van der Waals surface area contributed by atoms with Crippen molar-refractivity contribution in [3.8, 4) is 22.4 Å². The Hall–Kier alpha value is -7.40. The summed E-state index contributed by atoms with van der Waals surface area (Å²) in [5.74, 6) is -0.668. The van der Waals surface area contributed by atoms with E-state index in [1.165, 1.54) is 21.0 Å². The summed E-state index contributed by atoms with van der Waals surface area (Å²) in [6, 6.07) is 27.2. The lowest BCUT2D eigenvalue weighted by molar-refractivity contribution is -0.135. The van der Waals surface area contributed by atoms with Crippen molar-refractivity contribution in [3.63, 3.8) is 0 Å². The first kappa shape index (κ1) is 39.4. The van der Waals surface area contributed by atoms with Gasteiger partial charge in [-0.05, 0) is 65.6 Å². The van der Waals surface area contributed by atoms with Crippen molar-refractivity contribution in [2.24, 2.45) is 12.5 Å². The number of carbonyl (C=O) groups is 3. The van der Waals surface area contributed by atoms with Crippen LogP contribution in [-0.2, 0) is 23.2 Å². The number of benzene rings is 3. The number of imidazole rings is 2. The second-order valence-electron chi connectivity index (χ2n) is 17.6. The molecule has 0 radical (unpaired) electrons. The van der Waals surface area contributed by atoms with Crippen molar-refractivity contribution < 1.29 is 18.8 Å². The Kier molecular flexibility index (Phi) is 9.34. The van der Waals surface area contributed by atoms with Gasteiger partial charge in [0.1, 0.15) is 12.2 Å². The number of likely N-dealkylation sites (tertiary alicyclic amines) is 1. The number of alkyl halides is 1. The summed E-state index contributed by atoms with van der Waals surface area (Å²) in [4.78, 5) is 64.5. The van der Waals surface area contributed by atoms with Crippen LogP contribution in [0, 0.1) is 5.41 Å². The molecule has 11 rings (SSSR count). The van der Waals surface area contributed by atoms with Crippen LogP contribution in [0.25, 0.3) is 39.1 Å². The van der Waals surface area contributed by atoms with Crippen molar-refractivity contribution in [1.82, 2.24) is 44.2 Å². The number of rotatable bonds is 11. The molecule has 1 aliphatic carbocycles. The number of fused-ring (bicyclic) bond motifs is 2. The van der Waals surface area contributed by atoms with Gasteiger partial charge < -0.3 is 20.9 Å². The Morgan fingerprint density at radius 3 is 2.42 bits per heavy atom. The highest BCUT2D eigenvalue weighted by Crippen LogP contribution is 2.43. The van der Waals surface area contributed by atoms with Gasteiger partial charge in [-0.2, -0.15) is 0 Å². The molecular formula is C47H45FN12O4. The van der Waals surface area contributed by atoms with Crippen molar-refractivity contribution in [2.45, 2.75) is 44.1 Å². The molecule has 64 heavy (non-hydrogen) atoms. The summed E-state index contributed by atoms with van der Waals surface area (Å²) in [6.45, 7) is 4.92. The molecule has 324 valence electrons. The number of hydrogen-bond acceptors (Lipinski definition) is 11. The summed E-state index contributed by atoms with van der Waals surface area (Å²) in [5, 5.41) is 16.2. The van der Waals surface area contributed by atoms with E-state index in [4.69, 9.17) is 4.98 Å². The molecule has 17 heteroatoms. The van der Waals surface area contributed by atoms with Gasteiger partial charge in [0.15, 0.2) is 17.2 Å². The van der Waals surface area contributed by atoms with Gasteiger partial charge in [-0.1, -0.05) is 36.4 Å². The number of nitrogens with one attached hydrogen (secondary N) is 4. The van der Waals surface area contributed by atoms with Crippen LogP contribution >= 0.6 is 0 Å². The topological polar surface area (TPSA) is 176 Å². The lowest BCUT2D eigenvalue weighted by Crippen LogP contribution is -2.71. The monoisotopic (exact) mass is 860 g/mol. The van der Waals surface area contributed by atoms with Gasteiger partial charge in [-0.15, -0.1) is 5.10 Å². The molecule has 3 saturated heterocycles. The normalized spacial score (nSPS) is 20.2. The van der Waals surface area contributed by atoms with Crippen molar-refractivity contribution in [1.29, 1.82) is 0 Å². The standard InChI is InChI=1S/C47H45FN12O4/c1-49-36-19-41(55-60-40(21-51-43(36)60)45(63)53-35-18-33(35)48)52-31-5-3-4-30(16-31)34-12-6-27(20-50-34)22-57-23-47(24-57)25-58(26-47)32-10-7-28(8-11-32)29-9-13-37-39(17-29)56(2)46(64)59(37)38-14-15-42(61)54-44(38)62/h3-13,16-17,19-21,33,35,38,49H,14-15,18,22-26H2,1-2H3,(H,52,55)(H,53,63)(H,54,61,62)/t33-,35+,38?/m0/s1. The fourth-order valence-electron chi connectivity index (χ4n) is 9.57. The predicted molar refractivity (Wildman–Crippen MR) is 240 cm³/mol. The van der Waals surface area contributed by atoms with Crippen LogP contribution in [0.15, 0.2) is 102 Å². The Bertz CT molecular complexity index is 3070. The number of piperidine rings is 1. The molecule has 0 bridgehead atoms. The highest BCUT2D eigenvalue weighted by molar-refractivity contribution is 6.00. The molecule has 1 unspecified atom stereocenters. The molecule has 16 nitrogen and oxygen atoms in total. The summed E-state index contributed by atoms with van der Waals surface area (Å²) < 4.78 is 18.0. The highest BCUT2D eigenvalue weighted by atomic mass is 19.1. The number of amides is 3. The average molecular weight is 861 g/mol. The van der Waals surface area contributed by atoms with Crippen LogP contribution in [0.5, 0.6) is 0 Å². The minimum Gasteiger partial charge on any atom is -0.385 e. The summed E-state index contributed by atoms with van der Waals surface area (Å²) in [5.41, 5.74) is 9.76. The molecular weight excluding hydrogens is 816 g/mol. The van der Waals surface area contributed by atoms with E-state index in [9.17, 15) is 23.6 Å². The Morgan fingerprint density at radius 1 is 0.891 bits per heavy atom. The number of imide groups is 1. The van der Waals surface area contributed by atoms with Gasteiger partial charge in [0.05, 0.1) is 34.7 Å². The van der Waals surface area contributed by atoms with Crippen LogP contribution < -0.4 is 31.9 Å². The second kappa shape index (κ2) is 15.1. The maximum Gasteiger partial charge on any atom is 0.329 e. The minimum absolute atomic E-state index is 0.204. The smallest absolute Gasteiger partial charge is 0.329 e. The molecule has 3 atom stereocenters. The number of carbonyl (C=O) groups excluding carboxylic acids is 3. The van der Waals surface area contributed by atoms with Crippen molar-refractivity contribution in [3.05, 3.63) is 119 Å². The molecule has 7 aromatic rings. The third-order valence-corrected chi connectivity index (χ3v) is 13.0. The lowest BCUT2D eigenvalue weighted by atomic mass is 9.72. The fourth-order valence-corrected chi connectivity index (χ4v) is 9.57. The van der Waals surface area contributed by atoms with E-state index in [1.807, 2.05) is 54.7 Å². The van der Waals surface area contributed by atoms with Crippen LogP contribution in [-0.4, -0.2) is 96.8 Å². The molecule has 4 aromatic heterocycles. The number of anilines is 4. The molecule has 1 saturated carbocycles. The van der Waals surface area contributed by atoms with E-state index in [0.29, 0.717) is 40.9 Å². The van der Waals surface area contributed by atoms with E-state index in [2.05, 4.69) is 77.5 Å². The second-order valence-corrected chi connectivity index (χ2v) is 17.6. The molecule has 4 fully saturated rings. The maximum atomic E-state index is 13.5. The van der Waals surface area contributed by atoms with Crippen LogP contribution in [0.1, 0.15) is 41.4 Å². The number of aryl methyl sites for hydroxylation is 1. The zero-order chi connectivity index (χ0) is 43.9. The number of aromatic nitrogens is 6. The third kappa shape index (κ3) is 7.01. The first-order valence-electron chi connectivity index (χ1n) is 21.5. The zero-order valence-corrected chi connectivity index (χ0v) is 35.2. The zero-order valence-electron chi connectivity index (χ0n) is 35.2. The third-order valence-electron chi connectivity index (χ3n) is 13.0. The quantitative estimate of drug-likeness (QED) is 0.128. The Balaban J connectivity index is 0.691. The maximum absolute atomic E-state index is 13.5. The molecule has 1 spiro atoms. The van der Waals surface area contributed by atoms with E-state index < -0.39 is 30.1 Å². The summed E-state index contributed by atoms with van der Waals surface area (Å²) in [6.07, 6.45) is 3.21. The van der Waals surface area contributed by atoms with Gasteiger partial charge >= 0.3 is 5.69 Å². The van der Waals surface area contributed by atoms with Crippen molar-refractivity contribution in [2.75, 3.05) is 48.8 Å². The molecule has 4 N–H and O–H groups in total. The molecule has 4 aliphatic rings. The van der Waals surface area contributed by atoms with Gasteiger partial charge in [0, 0.05) is 94.3 Å². The average Bonchev–Trinajstić information content (AvgIpc) is 3.68.